The number of para-hydroxylation sites is 1. The summed E-state index contributed by atoms with van der Waals surface area (Å²) in [5, 5.41) is 4.05. The van der Waals surface area contributed by atoms with Crippen molar-refractivity contribution in [1.29, 1.82) is 0 Å². The minimum atomic E-state index is -0.132. The number of benzene rings is 2. The first kappa shape index (κ1) is 19.9. The number of fused-ring (bicyclic) bond motifs is 1. The Morgan fingerprint density at radius 3 is 2.57 bits per heavy atom. The summed E-state index contributed by atoms with van der Waals surface area (Å²) in [7, 11) is 0. The van der Waals surface area contributed by atoms with Crippen molar-refractivity contribution in [3.8, 4) is 0 Å². The van der Waals surface area contributed by atoms with Gasteiger partial charge in [0.1, 0.15) is 0 Å². The predicted octanol–water partition coefficient (Wildman–Crippen LogP) is 4.24. The van der Waals surface area contributed by atoms with Crippen molar-refractivity contribution in [1.82, 2.24) is 9.55 Å². The summed E-state index contributed by atoms with van der Waals surface area (Å²) in [6.45, 7) is 10.1. The summed E-state index contributed by atoms with van der Waals surface area (Å²) in [4.78, 5) is 29.9. The van der Waals surface area contributed by atoms with Gasteiger partial charge in [-0.15, -0.1) is 6.58 Å². The van der Waals surface area contributed by atoms with Crippen LogP contribution in [0.4, 0.5) is 5.69 Å². The van der Waals surface area contributed by atoms with Crippen LogP contribution in [-0.2, 0) is 11.3 Å². The molecule has 0 fully saturated rings. The lowest BCUT2D eigenvalue weighted by atomic mass is 10.1. The maximum Gasteiger partial charge on any atom is 0.262 e. The Morgan fingerprint density at radius 2 is 1.89 bits per heavy atom. The van der Waals surface area contributed by atoms with Gasteiger partial charge in [-0.2, -0.15) is 0 Å². The maximum atomic E-state index is 12.8. The van der Waals surface area contributed by atoms with E-state index in [0.29, 0.717) is 22.6 Å². The molecule has 3 rings (SSSR count). The van der Waals surface area contributed by atoms with E-state index in [4.69, 9.17) is 0 Å². The molecule has 0 saturated heterocycles. The van der Waals surface area contributed by atoms with Gasteiger partial charge in [0.2, 0.25) is 5.91 Å². The number of amides is 1. The van der Waals surface area contributed by atoms with Crippen LogP contribution in [0.15, 0.2) is 59.0 Å². The molecule has 0 aliphatic carbocycles. The molecule has 1 heterocycles. The molecule has 0 unspecified atom stereocenters. The third-order valence-corrected chi connectivity index (χ3v) is 5.39. The number of nitrogens with zero attached hydrogens (tertiary/aromatic N) is 2. The molecular weight excluding hydrogens is 370 g/mol. The standard InChI is InChI=1S/C22H23N3O2S/c1-5-10-25-21(27)17-8-6-7-9-18(17)23-22(25)28-13-19(26)24-20-15(3)11-14(2)12-16(20)4/h5-9,11-12H,1,10,13H2,2-4H3,(H,24,26). The van der Waals surface area contributed by atoms with Crippen LogP contribution in [0, 0.1) is 20.8 Å². The smallest absolute Gasteiger partial charge is 0.262 e. The summed E-state index contributed by atoms with van der Waals surface area (Å²) in [6, 6.07) is 11.3. The van der Waals surface area contributed by atoms with Gasteiger partial charge in [-0.05, 0) is 44.0 Å². The minimum Gasteiger partial charge on any atom is -0.325 e. The summed E-state index contributed by atoms with van der Waals surface area (Å²) < 4.78 is 1.55. The molecule has 0 atom stereocenters. The van der Waals surface area contributed by atoms with Crippen LogP contribution in [-0.4, -0.2) is 21.2 Å². The highest BCUT2D eigenvalue weighted by Gasteiger charge is 2.14. The lowest BCUT2D eigenvalue weighted by molar-refractivity contribution is -0.113. The van der Waals surface area contributed by atoms with Crippen LogP contribution in [0.2, 0.25) is 0 Å². The number of thioether (sulfide) groups is 1. The van der Waals surface area contributed by atoms with Gasteiger partial charge in [-0.25, -0.2) is 4.98 Å². The Balaban J connectivity index is 1.83. The van der Waals surface area contributed by atoms with Crippen LogP contribution in [0.3, 0.4) is 0 Å². The highest BCUT2D eigenvalue weighted by atomic mass is 32.2. The normalized spacial score (nSPS) is 10.8. The second-order valence-corrected chi connectivity index (χ2v) is 7.67. The average molecular weight is 394 g/mol. The number of nitrogens with one attached hydrogen (secondary N) is 1. The summed E-state index contributed by atoms with van der Waals surface area (Å²) in [5.74, 6) is 0.0295. The molecule has 0 radical (unpaired) electrons. The average Bonchev–Trinajstić information content (AvgIpc) is 2.65. The lowest BCUT2D eigenvalue weighted by Gasteiger charge is -2.14. The zero-order chi connectivity index (χ0) is 20.3. The Kier molecular flexibility index (Phi) is 5.99. The monoisotopic (exact) mass is 393 g/mol. The first-order valence-electron chi connectivity index (χ1n) is 9.01. The van der Waals surface area contributed by atoms with E-state index in [2.05, 4.69) is 16.9 Å². The number of allylic oxidation sites excluding steroid dienone is 1. The number of aromatic nitrogens is 2. The molecule has 0 bridgehead atoms. The van der Waals surface area contributed by atoms with Crippen molar-refractivity contribution in [3.05, 3.63) is 76.1 Å². The molecule has 1 N–H and O–H groups in total. The van der Waals surface area contributed by atoms with Gasteiger partial charge >= 0.3 is 0 Å². The van der Waals surface area contributed by atoms with E-state index in [9.17, 15) is 9.59 Å². The van der Waals surface area contributed by atoms with E-state index in [1.165, 1.54) is 11.8 Å². The molecule has 28 heavy (non-hydrogen) atoms. The van der Waals surface area contributed by atoms with Crippen LogP contribution in [0.1, 0.15) is 16.7 Å². The zero-order valence-electron chi connectivity index (χ0n) is 16.3. The van der Waals surface area contributed by atoms with Gasteiger partial charge in [-0.3, -0.25) is 14.2 Å². The van der Waals surface area contributed by atoms with E-state index in [-0.39, 0.29) is 17.2 Å². The van der Waals surface area contributed by atoms with E-state index < -0.39 is 0 Å². The minimum absolute atomic E-state index is 0.126. The summed E-state index contributed by atoms with van der Waals surface area (Å²) >= 11 is 1.25. The van der Waals surface area contributed by atoms with Crippen LogP contribution in [0.25, 0.3) is 10.9 Å². The number of carbonyl (C=O) groups is 1. The van der Waals surface area contributed by atoms with E-state index in [1.54, 1.807) is 22.8 Å². The fourth-order valence-corrected chi connectivity index (χ4v) is 4.04. The van der Waals surface area contributed by atoms with E-state index in [0.717, 1.165) is 22.4 Å². The fraction of sp³-hybridized carbons (Fsp3) is 0.227. The zero-order valence-corrected chi connectivity index (χ0v) is 17.1. The third-order valence-electron chi connectivity index (χ3n) is 4.41. The molecule has 0 saturated carbocycles. The lowest BCUT2D eigenvalue weighted by Crippen LogP contribution is -2.24. The van der Waals surface area contributed by atoms with Crippen molar-refractivity contribution < 1.29 is 4.79 Å². The topological polar surface area (TPSA) is 64.0 Å². The quantitative estimate of drug-likeness (QED) is 0.387. The second kappa shape index (κ2) is 8.44. The molecule has 0 spiro atoms. The number of rotatable bonds is 6. The van der Waals surface area contributed by atoms with Gasteiger partial charge in [0, 0.05) is 12.2 Å². The molecule has 1 amide bonds. The molecule has 1 aromatic heterocycles. The molecule has 6 heteroatoms. The number of carbonyl (C=O) groups excluding carboxylic acids is 1. The summed E-state index contributed by atoms with van der Waals surface area (Å²) in [5.41, 5.74) is 4.56. The Hall–Kier alpha value is -2.86. The van der Waals surface area contributed by atoms with Crippen molar-refractivity contribution in [2.24, 2.45) is 0 Å². The highest BCUT2D eigenvalue weighted by molar-refractivity contribution is 7.99. The molecule has 2 aromatic carbocycles. The summed E-state index contributed by atoms with van der Waals surface area (Å²) in [6.07, 6.45) is 1.65. The Bertz CT molecular complexity index is 1100. The number of hydrogen-bond acceptors (Lipinski definition) is 4. The fourth-order valence-electron chi connectivity index (χ4n) is 3.23. The van der Waals surface area contributed by atoms with E-state index in [1.807, 2.05) is 45.0 Å². The number of aryl methyl sites for hydroxylation is 3. The van der Waals surface area contributed by atoms with Gasteiger partial charge < -0.3 is 5.32 Å². The van der Waals surface area contributed by atoms with E-state index >= 15 is 0 Å². The third kappa shape index (κ3) is 4.17. The van der Waals surface area contributed by atoms with Gasteiger partial charge in [0.05, 0.1) is 16.7 Å². The van der Waals surface area contributed by atoms with Crippen LogP contribution in [0.5, 0.6) is 0 Å². The molecule has 0 aliphatic rings. The second-order valence-electron chi connectivity index (χ2n) is 6.73. The maximum absolute atomic E-state index is 12.8. The van der Waals surface area contributed by atoms with Crippen molar-refractivity contribution in [2.45, 2.75) is 32.5 Å². The molecular formula is C22H23N3O2S. The van der Waals surface area contributed by atoms with Gasteiger partial charge in [0.25, 0.3) is 5.56 Å². The number of anilines is 1. The van der Waals surface area contributed by atoms with Crippen molar-refractivity contribution >= 4 is 34.3 Å². The Morgan fingerprint density at radius 1 is 1.21 bits per heavy atom. The largest absolute Gasteiger partial charge is 0.325 e. The first-order chi connectivity index (χ1) is 13.4. The van der Waals surface area contributed by atoms with Gasteiger partial charge in [0.15, 0.2) is 5.16 Å². The van der Waals surface area contributed by atoms with Crippen LogP contribution >= 0.6 is 11.8 Å². The van der Waals surface area contributed by atoms with Crippen LogP contribution < -0.4 is 10.9 Å². The molecule has 5 nitrogen and oxygen atoms in total. The first-order valence-corrected chi connectivity index (χ1v) is 10.00. The van der Waals surface area contributed by atoms with Crippen molar-refractivity contribution in [2.75, 3.05) is 11.1 Å². The molecule has 3 aromatic rings. The molecule has 144 valence electrons. The predicted molar refractivity (Wildman–Crippen MR) is 116 cm³/mol. The van der Waals surface area contributed by atoms with Gasteiger partial charge in [-0.1, -0.05) is 47.7 Å². The molecule has 0 aliphatic heterocycles. The SMILES string of the molecule is C=CCn1c(SCC(=O)Nc2c(C)cc(C)cc2C)nc2ccccc2c1=O. The Labute approximate surface area is 168 Å². The number of hydrogen-bond donors (Lipinski definition) is 1. The van der Waals surface area contributed by atoms with Crippen molar-refractivity contribution in [3.63, 3.8) is 0 Å². The highest BCUT2D eigenvalue weighted by Crippen LogP contribution is 2.23.